The minimum absolute atomic E-state index is 0.251. The van der Waals surface area contributed by atoms with Crippen molar-refractivity contribution in [2.24, 2.45) is 0 Å². The van der Waals surface area contributed by atoms with E-state index in [0.717, 1.165) is 5.56 Å². The molecule has 0 unspecified atom stereocenters. The van der Waals surface area contributed by atoms with Gasteiger partial charge >= 0.3 is 0 Å². The van der Waals surface area contributed by atoms with E-state index in [2.05, 4.69) is 0 Å². The fourth-order valence-corrected chi connectivity index (χ4v) is 2.32. The zero-order valence-electron chi connectivity index (χ0n) is 10.3. The smallest absolute Gasteiger partial charge is 0.175 e. The molecule has 0 saturated carbocycles. The molecule has 0 heterocycles. The molecule has 0 radical (unpaired) electrons. The van der Waals surface area contributed by atoms with Gasteiger partial charge < -0.3 is 4.74 Å². The molecule has 5 heteroatoms. The molecule has 0 bridgehead atoms. The molecule has 0 aromatic heterocycles. The van der Waals surface area contributed by atoms with Crippen molar-refractivity contribution in [3.8, 4) is 5.75 Å². The van der Waals surface area contributed by atoms with Crippen molar-refractivity contribution in [1.29, 1.82) is 0 Å². The van der Waals surface area contributed by atoms with E-state index < -0.39 is 9.84 Å². The van der Waals surface area contributed by atoms with Gasteiger partial charge in [-0.2, -0.15) is 0 Å². The van der Waals surface area contributed by atoms with E-state index >= 15 is 0 Å². The average Bonchev–Trinajstić information content (AvgIpc) is 2.37. The van der Waals surface area contributed by atoms with Crippen molar-refractivity contribution in [3.05, 3.63) is 59.1 Å². The highest BCUT2D eigenvalue weighted by Gasteiger charge is 2.07. The molecule has 0 aliphatic carbocycles. The number of hydrogen-bond acceptors (Lipinski definition) is 3. The molecule has 0 atom stereocenters. The van der Waals surface area contributed by atoms with E-state index in [1.165, 1.54) is 12.3 Å². The Kier molecular flexibility index (Phi) is 4.12. The number of hydrogen-bond donors (Lipinski definition) is 0. The van der Waals surface area contributed by atoms with Crippen LogP contribution in [0.4, 0.5) is 0 Å². The molecular weight excluding hydrogens is 284 g/mol. The monoisotopic (exact) mass is 296 g/mol. The molecule has 0 spiro atoms. The van der Waals surface area contributed by atoms with Crippen molar-refractivity contribution >= 4 is 21.4 Å². The minimum atomic E-state index is -3.21. The van der Waals surface area contributed by atoms with Gasteiger partial charge in [0.15, 0.2) is 9.84 Å². The first kappa shape index (κ1) is 13.9. The van der Waals surface area contributed by atoms with E-state index in [0.29, 0.717) is 17.4 Å². The van der Waals surface area contributed by atoms with E-state index in [1.54, 1.807) is 30.3 Å². The summed E-state index contributed by atoms with van der Waals surface area (Å²) in [7, 11) is -3.21. The molecular formula is C14H13ClO3S. The summed E-state index contributed by atoms with van der Waals surface area (Å²) in [4.78, 5) is 0.251. The lowest BCUT2D eigenvalue weighted by atomic mass is 10.2. The molecule has 19 heavy (non-hydrogen) atoms. The van der Waals surface area contributed by atoms with Gasteiger partial charge in [-0.3, -0.25) is 0 Å². The molecule has 2 rings (SSSR count). The predicted octanol–water partition coefficient (Wildman–Crippen LogP) is 3.32. The first-order valence-corrected chi connectivity index (χ1v) is 7.89. The zero-order valence-corrected chi connectivity index (χ0v) is 11.9. The van der Waals surface area contributed by atoms with Crippen LogP contribution in [0, 0.1) is 0 Å². The van der Waals surface area contributed by atoms with Gasteiger partial charge in [-0.05, 0) is 35.9 Å². The molecule has 0 amide bonds. The Hall–Kier alpha value is -1.52. The summed E-state index contributed by atoms with van der Waals surface area (Å²) in [5.41, 5.74) is 0.967. The lowest BCUT2D eigenvalue weighted by Gasteiger charge is -2.07. The van der Waals surface area contributed by atoms with Gasteiger partial charge in [0.25, 0.3) is 0 Å². The van der Waals surface area contributed by atoms with E-state index in [1.807, 2.05) is 12.1 Å². The third-order valence-corrected chi connectivity index (χ3v) is 3.91. The molecule has 0 N–H and O–H groups in total. The maximum Gasteiger partial charge on any atom is 0.175 e. The van der Waals surface area contributed by atoms with Crippen molar-refractivity contribution < 1.29 is 13.2 Å². The summed E-state index contributed by atoms with van der Waals surface area (Å²) < 4.78 is 28.4. The Labute approximate surface area is 117 Å². The first-order valence-electron chi connectivity index (χ1n) is 5.62. The highest BCUT2D eigenvalue weighted by atomic mass is 35.5. The van der Waals surface area contributed by atoms with Crippen LogP contribution in [-0.4, -0.2) is 14.7 Å². The van der Waals surface area contributed by atoms with Crippen LogP contribution in [0.2, 0.25) is 5.02 Å². The average molecular weight is 297 g/mol. The van der Waals surface area contributed by atoms with Crippen molar-refractivity contribution in [3.63, 3.8) is 0 Å². The summed E-state index contributed by atoms with van der Waals surface area (Å²) in [5.74, 6) is 0.526. The number of ether oxygens (including phenoxy) is 1. The summed E-state index contributed by atoms with van der Waals surface area (Å²) in [6.45, 7) is 0.365. The molecule has 2 aromatic rings. The van der Waals surface area contributed by atoms with Crippen LogP contribution >= 0.6 is 11.6 Å². The zero-order chi connectivity index (χ0) is 13.9. The number of sulfone groups is 1. The first-order chi connectivity index (χ1) is 8.95. The highest BCUT2D eigenvalue weighted by molar-refractivity contribution is 7.90. The summed E-state index contributed by atoms with van der Waals surface area (Å²) in [6, 6.07) is 13.7. The number of rotatable bonds is 4. The van der Waals surface area contributed by atoms with Gasteiger partial charge in [0.1, 0.15) is 12.4 Å². The van der Waals surface area contributed by atoms with E-state index in [4.69, 9.17) is 16.3 Å². The van der Waals surface area contributed by atoms with Gasteiger partial charge in [0.2, 0.25) is 0 Å². The van der Waals surface area contributed by atoms with Gasteiger partial charge in [0.05, 0.1) is 4.90 Å². The van der Waals surface area contributed by atoms with Crippen molar-refractivity contribution in [1.82, 2.24) is 0 Å². The molecule has 0 aliphatic rings. The quantitative estimate of drug-likeness (QED) is 0.869. The van der Waals surface area contributed by atoms with Crippen LogP contribution in [0.3, 0.4) is 0 Å². The summed E-state index contributed by atoms with van der Waals surface area (Å²) >= 11 is 5.79. The Morgan fingerprint density at radius 3 is 2.42 bits per heavy atom. The third kappa shape index (κ3) is 3.98. The van der Waals surface area contributed by atoms with Gasteiger partial charge in [-0.25, -0.2) is 8.42 Å². The molecule has 0 saturated heterocycles. The van der Waals surface area contributed by atoms with Crippen LogP contribution < -0.4 is 4.74 Å². The van der Waals surface area contributed by atoms with Crippen LogP contribution in [-0.2, 0) is 16.4 Å². The lowest BCUT2D eigenvalue weighted by Crippen LogP contribution is -1.99. The van der Waals surface area contributed by atoms with Crippen molar-refractivity contribution in [2.75, 3.05) is 6.26 Å². The maximum atomic E-state index is 11.4. The lowest BCUT2D eigenvalue weighted by molar-refractivity contribution is 0.305. The minimum Gasteiger partial charge on any atom is -0.489 e. The van der Waals surface area contributed by atoms with Crippen LogP contribution in [0.5, 0.6) is 5.75 Å². The van der Waals surface area contributed by atoms with Crippen molar-refractivity contribution in [2.45, 2.75) is 11.5 Å². The largest absolute Gasteiger partial charge is 0.489 e. The topological polar surface area (TPSA) is 43.4 Å². The molecule has 2 aromatic carbocycles. The Morgan fingerprint density at radius 1 is 1.11 bits per heavy atom. The number of halogens is 1. The molecule has 100 valence electrons. The van der Waals surface area contributed by atoms with E-state index in [9.17, 15) is 8.42 Å². The Bertz CT molecular complexity index is 663. The maximum absolute atomic E-state index is 11.4. The second-order valence-corrected chi connectivity index (χ2v) is 6.61. The van der Waals surface area contributed by atoms with Gasteiger partial charge in [-0.15, -0.1) is 0 Å². The second-order valence-electron chi connectivity index (χ2n) is 4.16. The standard InChI is InChI=1S/C14H13ClO3S/c1-19(16,17)14-4-2-3-13(9-14)18-10-11-5-7-12(15)8-6-11/h2-9H,10H2,1H3. The second kappa shape index (κ2) is 5.63. The fourth-order valence-electron chi connectivity index (χ4n) is 1.54. The molecule has 0 fully saturated rings. The SMILES string of the molecule is CS(=O)(=O)c1cccc(OCc2ccc(Cl)cc2)c1. The third-order valence-electron chi connectivity index (χ3n) is 2.55. The van der Waals surface area contributed by atoms with Gasteiger partial charge in [-0.1, -0.05) is 29.8 Å². The van der Waals surface area contributed by atoms with Crippen LogP contribution in [0.1, 0.15) is 5.56 Å². The predicted molar refractivity (Wildman–Crippen MR) is 75.3 cm³/mol. The fraction of sp³-hybridized carbons (Fsp3) is 0.143. The van der Waals surface area contributed by atoms with Crippen LogP contribution in [0.15, 0.2) is 53.4 Å². The molecule has 0 aliphatic heterocycles. The normalized spacial score (nSPS) is 11.3. The Balaban J connectivity index is 2.10. The van der Waals surface area contributed by atoms with Crippen LogP contribution in [0.25, 0.3) is 0 Å². The van der Waals surface area contributed by atoms with E-state index in [-0.39, 0.29) is 4.90 Å². The number of benzene rings is 2. The van der Waals surface area contributed by atoms with Gasteiger partial charge in [0, 0.05) is 11.3 Å². The summed E-state index contributed by atoms with van der Waals surface area (Å²) in [5, 5.41) is 0.669. The molecule has 3 nitrogen and oxygen atoms in total. The highest BCUT2D eigenvalue weighted by Crippen LogP contribution is 2.19. The Morgan fingerprint density at radius 2 is 1.79 bits per heavy atom. The summed E-state index contributed by atoms with van der Waals surface area (Å²) in [6.07, 6.45) is 1.17.